The van der Waals surface area contributed by atoms with Crippen LogP contribution >= 0.6 is 0 Å². The number of likely N-dealkylation sites (N-methyl/N-ethyl adjacent to an activating group) is 1. The molecule has 1 aromatic rings. The maximum Gasteiger partial charge on any atom is 0.414 e. The van der Waals surface area contributed by atoms with Crippen molar-refractivity contribution in [2.45, 2.75) is 13.0 Å². The van der Waals surface area contributed by atoms with Gasteiger partial charge in [0.15, 0.2) is 11.7 Å². The molecule has 9 nitrogen and oxygen atoms in total. The highest BCUT2D eigenvalue weighted by Gasteiger charge is 2.34. The number of carbonyl (C=O) groups is 2. The smallest absolute Gasteiger partial charge is 0.414 e. The number of ether oxygens (including phenoxy) is 2. The molecule has 1 N–H and O–H groups in total. The van der Waals surface area contributed by atoms with Gasteiger partial charge in [-0.2, -0.15) is 0 Å². The highest BCUT2D eigenvalue weighted by Crippen LogP contribution is 2.38. The van der Waals surface area contributed by atoms with Crippen molar-refractivity contribution in [1.29, 1.82) is 0 Å². The van der Waals surface area contributed by atoms with E-state index < -0.39 is 18.0 Å². The summed E-state index contributed by atoms with van der Waals surface area (Å²) >= 11 is 0. The lowest BCUT2D eigenvalue weighted by molar-refractivity contribution is -0.119. The summed E-state index contributed by atoms with van der Waals surface area (Å²) in [6.07, 6.45) is -1.11. The number of hydrogen-bond acceptors (Lipinski definition) is 6. The van der Waals surface area contributed by atoms with Gasteiger partial charge >= 0.3 is 6.09 Å². The summed E-state index contributed by atoms with van der Waals surface area (Å²) in [4.78, 5) is 30.6. The highest BCUT2D eigenvalue weighted by molar-refractivity contribution is 6.02. The molecule has 0 unspecified atom stereocenters. The fourth-order valence-corrected chi connectivity index (χ4v) is 2.81. The second-order valence-corrected chi connectivity index (χ2v) is 5.87. The van der Waals surface area contributed by atoms with Crippen molar-refractivity contribution >= 4 is 29.2 Å². The molecule has 2 amide bonds. The Bertz CT molecular complexity index is 769. The molecule has 0 radical (unpaired) electrons. The van der Waals surface area contributed by atoms with Gasteiger partial charge in [-0.25, -0.2) is 9.18 Å². The molecule has 0 bridgehead atoms. The van der Waals surface area contributed by atoms with Crippen LogP contribution in [-0.4, -0.2) is 57.8 Å². The molecule has 0 aliphatic carbocycles. The molecule has 10 heteroatoms. The molecule has 0 aromatic heterocycles. The quantitative estimate of drug-likeness (QED) is 0.802. The predicted octanol–water partition coefficient (Wildman–Crippen LogP) is 1.08. The topological polar surface area (TPSA) is 92.7 Å². The van der Waals surface area contributed by atoms with Crippen molar-refractivity contribution in [3.05, 3.63) is 17.9 Å². The summed E-state index contributed by atoms with van der Waals surface area (Å²) in [6.45, 7) is 1.88. The molecule has 2 heterocycles. The summed E-state index contributed by atoms with van der Waals surface area (Å²) < 4.78 is 25.4. The minimum Gasteiger partial charge on any atom is -0.483 e. The van der Waals surface area contributed by atoms with Crippen LogP contribution in [0.4, 0.5) is 20.6 Å². The Morgan fingerprint density at radius 1 is 1.50 bits per heavy atom. The number of oxime groups is 1. The highest BCUT2D eigenvalue weighted by atomic mass is 19.1. The number of fused-ring (bicyclic) bond motifs is 1. The Morgan fingerprint density at radius 3 is 2.96 bits per heavy atom. The second-order valence-electron chi connectivity index (χ2n) is 5.87. The number of rotatable bonds is 4. The van der Waals surface area contributed by atoms with Crippen LogP contribution in [0.5, 0.6) is 5.75 Å². The van der Waals surface area contributed by atoms with Gasteiger partial charge in [-0.15, -0.1) is 0 Å². The van der Waals surface area contributed by atoms with Crippen LogP contribution in [0.2, 0.25) is 0 Å². The number of nitrogens with one attached hydrogen (secondary N) is 1. The van der Waals surface area contributed by atoms with Crippen molar-refractivity contribution < 1.29 is 28.3 Å². The number of amidine groups is 1. The van der Waals surface area contributed by atoms with Crippen molar-refractivity contribution in [3.63, 3.8) is 0 Å². The SMILES string of the molecule is CO/N=C1\COc2cc(N3C[C@H](CNC(C)=O)OC3=O)cc(F)c2N1C. The van der Waals surface area contributed by atoms with Crippen LogP contribution in [-0.2, 0) is 14.4 Å². The van der Waals surface area contributed by atoms with Crippen LogP contribution in [0.15, 0.2) is 17.3 Å². The summed E-state index contributed by atoms with van der Waals surface area (Å²) in [7, 11) is 3.04. The Kier molecular flexibility index (Phi) is 4.83. The molecule has 1 atom stereocenters. The Balaban J connectivity index is 1.83. The average molecular weight is 366 g/mol. The Morgan fingerprint density at radius 2 is 2.27 bits per heavy atom. The van der Waals surface area contributed by atoms with E-state index in [9.17, 15) is 14.0 Å². The van der Waals surface area contributed by atoms with E-state index in [4.69, 9.17) is 14.3 Å². The van der Waals surface area contributed by atoms with E-state index in [1.165, 1.54) is 29.9 Å². The summed E-state index contributed by atoms with van der Waals surface area (Å²) in [6, 6.07) is 2.80. The zero-order chi connectivity index (χ0) is 18.8. The maximum atomic E-state index is 14.7. The fraction of sp³-hybridized carbons (Fsp3) is 0.438. The van der Waals surface area contributed by atoms with Crippen LogP contribution in [0, 0.1) is 5.82 Å². The van der Waals surface area contributed by atoms with E-state index in [0.717, 1.165) is 0 Å². The van der Waals surface area contributed by atoms with Crippen molar-refractivity contribution in [2.24, 2.45) is 5.16 Å². The third-order valence-electron chi connectivity index (χ3n) is 4.05. The first-order valence-electron chi connectivity index (χ1n) is 7.93. The van der Waals surface area contributed by atoms with Gasteiger partial charge in [0.05, 0.1) is 18.8 Å². The van der Waals surface area contributed by atoms with Crippen molar-refractivity contribution in [1.82, 2.24) is 5.32 Å². The number of nitrogens with zero attached hydrogens (tertiary/aromatic N) is 3. The number of amides is 2. The van der Waals surface area contributed by atoms with Crippen LogP contribution in [0.3, 0.4) is 0 Å². The van der Waals surface area contributed by atoms with Gasteiger partial charge in [0.1, 0.15) is 31.3 Å². The van der Waals surface area contributed by atoms with Gasteiger partial charge in [0.25, 0.3) is 0 Å². The second kappa shape index (κ2) is 7.06. The largest absolute Gasteiger partial charge is 0.483 e. The molecule has 1 fully saturated rings. The molecule has 3 rings (SSSR count). The summed E-state index contributed by atoms with van der Waals surface area (Å²) in [5.74, 6) is -0.0795. The lowest BCUT2D eigenvalue weighted by Gasteiger charge is -2.29. The number of benzene rings is 1. The third kappa shape index (κ3) is 3.35. The molecule has 2 aliphatic heterocycles. The standard InChI is InChI=1S/C16H19FN4O5/c1-9(22)18-6-11-7-21(16(23)26-11)10-4-12(17)15-13(5-10)25-8-14(19-24-3)20(15)2/h4-5,11H,6-8H2,1-3H3,(H,18,22)/b19-14+/t11-/m0/s1. The average Bonchev–Trinajstić information content (AvgIpc) is 2.96. The molecule has 1 aromatic carbocycles. The van der Waals surface area contributed by atoms with Gasteiger partial charge < -0.3 is 24.5 Å². The minimum absolute atomic E-state index is 0.107. The van der Waals surface area contributed by atoms with E-state index in [1.807, 2.05) is 0 Å². The Hall–Kier alpha value is -3.04. The van der Waals surface area contributed by atoms with E-state index in [0.29, 0.717) is 11.5 Å². The van der Waals surface area contributed by atoms with E-state index >= 15 is 0 Å². The third-order valence-corrected chi connectivity index (χ3v) is 4.05. The number of hydrogen-bond donors (Lipinski definition) is 1. The van der Waals surface area contributed by atoms with Gasteiger partial charge in [-0.3, -0.25) is 9.69 Å². The van der Waals surface area contributed by atoms with E-state index in [1.54, 1.807) is 13.1 Å². The fourth-order valence-electron chi connectivity index (χ4n) is 2.81. The summed E-state index contributed by atoms with van der Waals surface area (Å²) in [5, 5.41) is 6.38. The van der Waals surface area contributed by atoms with Gasteiger partial charge in [-0.05, 0) is 0 Å². The molecule has 1 saturated heterocycles. The first-order valence-corrected chi connectivity index (χ1v) is 7.93. The molecule has 140 valence electrons. The summed E-state index contributed by atoms with van der Waals surface area (Å²) in [5.41, 5.74) is 0.523. The van der Waals surface area contributed by atoms with Crippen LogP contribution in [0.1, 0.15) is 6.92 Å². The molecular weight excluding hydrogens is 347 g/mol. The van der Waals surface area contributed by atoms with Crippen molar-refractivity contribution in [2.75, 3.05) is 43.7 Å². The maximum absolute atomic E-state index is 14.7. The lowest BCUT2D eigenvalue weighted by Crippen LogP contribution is -2.37. The van der Waals surface area contributed by atoms with Crippen molar-refractivity contribution in [3.8, 4) is 5.75 Å². The number of halogens is 1. The molecule has 0 spiro atoms. The first kappa shape index (κ1) is 17.8. The molecular formula is C16H19FN4O5. The normalized spacial score (nSPS) is 20.5. The monoisotopic (exact) mass is 366 g/mol. The van der Waals surface area contributed by atoms with E-state index in [-0.39, 0.29) is 37.0 Å². The lowest BCUT2D eigenvalue weighted by atomic mass is 10.2. The van der Waals surface area contributed by atoms with Gasteiger partial charge in [0, 0.05) is 26.1 Å². The zero-order valence-corrected chi connectivity index (χ0v) is 14.6. The zero-order valence-electron chi connectivity index (χ0n) is 14.6. The first-order chi connectivity index (χ1) is 12.4. The molecule has 2 aliphatic rings. The Labute approximate surface area is 149 Å². The number of anilines is 2. The number of cyclic esters (lactones) is 1. The van der Waals surface area contributed by atoms with Crippen LogP contribution in [0.25, 0.3) is 0 Å². The van der Waals surface area contributed by atoms with Crippen LogP contribution < -0.4 is 19.9 Å². The molecule has 0 saturated carbocycles. The molecule has 26 heavy (non-hydrogen) atoms. The minimum atomic E-state index is -0.606. The van der Waals surface area contributed by atoms with Gasteiger partial charge in [0.2, 0.25) is 5.91 Å². The number of carbonyl (C=O) groups excluding carboxylic acids is 2. The van der Waals surface area contributed by atoms with Gasteiger partial charge in [-0.1, -0.05) is 5.16 Å². The van der Waals surface area contributed by atoms with E-state index in [2.05, 4.69) is 10.5 Å². The predicted molar refractivity (Wildman–Crippen MR) is 91.0 cm³/mol.